The number of H-pyrrole nitrogens is 1. The summed E-state index contributed by atoms with van der Waals surface area (Å²) >= 11 is 0. The van der Waals surface area contributed by atoms with Gasteiger partial charge in [-0.2, -0.15) is 5.10 Å². The monoisotopic (exact) mass is 541 g/mol. The molecule has 0 atom stereocenters. The van der Waals surface area contributed by atoms with E-state index in [-0.39, 0.29) is 5.75 Å². The molecule has 6 rings (SSSR count). The van der Waals surface area contributed by atoms with Gasteiger partial charge in [-0.1, -0.05) is 38.1 Å². The highest BCUT2D eigenvalue weighted by molar-refractivity contribution is 7.91. The van der Waals surface area contributed by atoms with E-state index >= 15 is 0 Å². The lowest BCUT2D eigenvalue weighted by Crippen LogP contribution is -2.36. The zero-order valence-corrected chi connectivity index (χ0v) is 23.6. The maximum absolute atomic E-state index is 12.7. The van der Waals surface area contributed by atoms with E-state index in [2.05, 4.69) is 71.2 Å². The fourth-order valence-electron chi connectivity index (χ4n) is 6.03. The standard InChI is InChI=1S/C31H35N5O2S/c1-21(2)29-27-18-24(9-10-28(27)34-30(29)25-17-22(3)31-32-20-33-36(31)19-25)23-11-13-35(14-12-23)15-16-39(37,38)26-7-5-4-6-8-26/h4-10,17-21,23,34H,11-16H2,1-3H3. The fraction of sp³-hybridized carbons (Fsp3) is 0.355. The highest BCUT2D eigenvalue weighted by atomic mass is 32.2. The van der Waals surface area contributed by atoms with Crippen LogP contribution < -0.4 is 0 Å². The molecule has 4 heterocycles. The number of benzene rings is 2. The number of aromatic amines is 1. The number of nitrogens with one attached hydrogen (secondary N) is 1. The Morgan fingerprint density at radius 2 is 1.82 bits per heavy atom. The SMILES string of the molecule is Cc1cc(-c2[nH]c3ccc(C4CCN(CCS(=O)(=O)c5ccccc5)CC4)cc3c2C(C)C)cn2ncnc12. The highest BCUT2D eigenvalue weighted by Gasteiger charge is 2.24. The van der Waals surface area contributed by atoms with Gasteiger partial charge < -0.3 is 9.88 Å². The van der Waals surface area contributed by atoms with Crippen LogP contribution in [-0.4, -0.2) is 58.3 Å². The van der Waals surface area contributed by atoms with Gasteiger partial charge in [-0.15, -0.1) is 0 Å². The molecule has 0 radical (unpaired) electrons. The third kappa shape index (κ3) is 4.99. The molecule has 1 aliphatic rings. The van der Waals surface area contributed by atoms with Gasteiger partial charge in [0.25, 0.3) is 0 Å². The van der Waals surface area contributed by atoms with E-state index in [1.54, 1.807) is 30.6 Å². The summed E-state index contributed by atoms with van der Waals surface area (Å²) in [6.07, 6.45) is 5.72. The van der Waals surface area contributed by atoms with Crippen molar-refractivity contribution in [2.24, 2.45) is 0 Å². The predicted octanol–water partition coefficient (Wildman–Crippen LogP) is 5.96. The Bertz CT molecular complexity index is 1730. The van der Waals surface area contributed by atoms with Crippen LogP contribution in [-0.2, 0) is 9.84 Å². The Kier molecular flexibility index (Phi) is 6.77. The molecule has 5 aromatic rings. The normalized spacial score (nSPS) is 15.6. The molecular weight excluding hydrogens is 506 g/mol. The average Bonchev–Trinajstić information content (AvgIpc) is 3.58. The Hall–Kier alpha value is -3.49. The lowest BCUT2D eigenvalue weighted by molar-refractivity contribution is 0.223. The third-order valence-electron chi connectivity index (χ3n) is 8.13. The van der Waals surface area contributed by atoms with Gasteiger partial charge in [0, 0.05) is 29.2 Å². The molecule has 8 heteroatoms. The molecule has 202 valence electrons. The summed E-state index contributed by atoms with van der Waals surface area (Å²) in [6, 6.07) is 17.8. The van der Waals surface area contributed by atoms with Crippen LogP contribution in [0.1, 0.15) is 55.2 Å². The number of hydrogen-bond donors (Lipinski definition) is 1. The molecule has 0 saturated carbocycles. The molecule has 2 aromatic carbocycles. The Labute approximate surface area is 229 Å². The van der Waals surface area contributed by atoms with Crippen LogP contribution in [0.25, 0.3) is 27.8 Å². The van der Waals surface area contributed by atoms with E-state index in [0.717, 1.165) is 53.9 Å². The predicted molar refractivity (Wildman–Crippen MR) is 156 cm³/mol. The summed E-state index contributed by atoms with van der Waals surface area (Å²) in [5.41, 5.74) is 8.09. The lowest BCUT2D eigenvalue weighted by atomic mass is 9.87. The molecule has 7 nitrogen and oxygen atoms in total. The van der Waals surface area contributed by atoms with Crippen LogP contribution in [0.3, 0.4) is 0 Å². The second kappa shape index (κ2) is 10.2. The van der Waals surface area contributed by atoms with E-state index in [4.69, 9.17) is 0 Å². The Balaban J connectivity index is 1.20. The summed E-state index contributed by atoms with van der Waals surface area (Å²) in [4.78, 5) is 10.8. The van der Waals surface area contributed by atoms with Gasteiger partial charge in [0.15, 0.2) is 15.5 Å². The summed E-state index contributed by atoms with van der Waals surface area (Å²) in [5.74, 6) is 0.991. The maximum Gasteiger partial charge on any atom is 0.179 e. The van der Waals surface area contributed by atoms with Crippen LogP contribution >= 0.6 is 0 Å². The van der Waals surface area contributed by atoms with E-state index in [1.165, 1.54) is 16.5 Å². The number of rotatable bonds is 7. The van der Waals surface area contributed by atoms with Crippen molar-refractivity contribution >= 4 is 26.4 Å². The molecular formula is C31H35N5O2S. The quantitative estimate of drug-likeness (QED) is 0.275. The van der Waals surface area contributed by atoms with Crippen molar-refractivity contribution in [2.75, 3.05) is 25.4 Å². The van der Waals surface area contributed by atoms with Crippen molar-refractivity contribution in [3.63, 3.8) is 0 Å². The number of sulfone groups is 1. The summed E-state index contributed by atoms with van der Waals surface area (Å²) in [5, 5.41) is 5.65. The minimum Gasteiger partial charge on any atom is -0.354 e. The third-order valence-corrected chi connectivity index (χ3v) is 9.84. The lowest BCUT2D eigenvalue weighted by Gasteiger charge is -2.32. The number of aryl methyl sites for hydroxylation is 1. The molecule has 39 heavy (non-hydrogen) atoms. The van der Waals surface area contributed by atoms with Crippen molar-refractivity contribution in [1.29, 1.82) is 0 Å². The van der Waals surface area contributed by atoms with Crippen molar-refractivity contribution in [3.8, 4) is 11.3 Å². The summed E-state index contributed by atoms with van der Waals surface area (Å²) in [6.45, 7) is 8.99. The molecule has 1 aliphatic heterocycles. The van der Waals surface area contributed by atoms with Crippen LogP contribution in [0, 0.1) is 6.92 Å². The van der Waals surface area contributed by atoms with Crippen molar-refractivity contribution in [1.82, 2.24) is 24.5 Å². The van der Waals surface area contributed by atoms with Gasteiger partial charge >= 0.3 is 0 Å². The number of pyridine rings is 1. The van der Waals surface area contributed by atoms with Crippen LogP contribution in [0.4, 0.5) is 0 Å². The molecule has 3 aromatic heterocycles. The van der Waals surface area contributed by atoms with E-state index in [0.29, 0.717) is 23.3 Å². The van der Waals surface area contributed by atoms with E-state index < -0.39 is 9.84 Å². The minimum atomic E-state index is -3.25. The van der Waals surface area contributed by atoms with E-state index in [1.807, 2.05) is 10.6 Å². The van der Waals surface area contributed by atoms with Crippen LogP contribution in [0.2, 0.25) is 0 Å². The van der Waals surface area contributed by atoms with Gasteiger partial charge in [0.2, 0.25) is 0 Å². The molecule has 0 amide bonds. The zero-order valence-electron chi connectivity index (χ0n) is 22.8. The second-order valence-corrected chi connectivity index (χ2v) is 13.2. The first-order valence-electron chi connectivity index (χ1n) is 13.8. The van der Waals surface area contributed by atoms with Crippen LogP contribution in [0.5, 0.6) is 0 Å². The zero-order chi connectivity index (χ0) is 27.1. The highest BCUT2D eigenvalue weighted by Crippen LogP contribution is 2.38. The summed E-state index contributed by atoms with van der Waals surface area (Å²) in [7, 11) is -3.25. The van der Waals surface area contributed by atoms with E-state index in [9.17, 15) is 8.42 Å². The van der Waals surface area contributed by atoms with Crippen molar-refractivity contribution in [3.05, 3.63) is 83.8 Å². The van der Waals surface area contributed by atoms with Gasteiger partial charge in [-0.05, 0) is 91.7 Å². The number of fused-ring (bicyclic) bond motifs is 2. The smallest absolute Gasteiger partial charge is 0.179 e. The summed E-state index contributed by atoms with van der Waals surface area (Å²) < 4.78 is 27.3. The molecule has 1 fully saturated rings. The molecule has 0 bridgehead atoms. The second-order valence-electron chi connectivity index (χ2n) is 11.1. The minimum absolute atomic E-state index is 0.164. The number of aromatic nitrogens is 4. The van der Waals surface area contributed by atoms with Gasteiger partial charge in [0.1, 0.15) is 6.33 Å². The van der Waals surface area contributed by atoms with Crippen molar-refractivity contribution in [2.45, 2.75) is 50.3 Å². The first-order valence-corrected chi connectivity index (χ1v) is 15.4. The number of likely N-dealkylation sites (tertiary alicyclic amines) is 1. The Morgan fingerprint density at radius 1 is 1.05 bits per heavy atom. The fourth-order valence-corrected chi connectivity index (χ4v) is 7.33. The number of nitrogens with zero attached hydrogens (tertiary/aromatic N) is 4. The number of piperidine rings is 1. The molecule has 0 aliphatic carbocycles. The van der Waals surface area contributed by atoms with Crippen LogP contribution in [0.15, 0.2) is 72.0 Å². The largest absolute Gasteiger partial charge is 0.354 e. The topological polar surface area (TPSA) is 83.4 Å². The molecule has 0 spiro atoms. The number of hydrogen-bond acceptors (Lipinski definition) is 5. The van der Waals surface area contributed by atoms with Crippen molar-refractivity contribution < 1.29 is 8.42 Å². The van der Waals surface area contributed by atoms with Gasteiger partial charge in [-0.25, -0.2) is 17.9 Å². The Morgan fingerprint density at radius 3 is 2.56 bits per heavy atom. The van der Waals surface area contributed by atoms with Gasteiger partial charge in [0.05, 0.1) is 16.3 Å². The molecule has 1 N–H and O–H groups in total. The first kappa shape index (κ1) is 25.8. The first-order chi connectivity index (χ1) is 18.8. The van der Waals surface area contributed by atoms with Gasteiger partial charge in [-0.3, -0.25) is 0 Å². The maximum atomic E-state index is 12.7. The average molecular weight is 542 g/mol. The molecule has 0 unspecified atom stereocenters. The molecule has 1 saturated heterocycles.